The molecule has 0 atom stereocenters. The molecule has 6 aromatic rings. The van der Waals surface area contributed by atoms with E-state index in [0.29, 0.717) is 0 Å². The summed E-state index contributed by atoms with van der Waals surface area (Å²) in [6.07, 6.45) is 0. The van der Waals surface area contributed by atoms with Gasteiger partial charge < -0.3 is 9.55 Å². The summed E-state index contributed by atoms with van der Waals surface area (Å²) in [6, 6.07) is 30.5. The van der Waals surface area contributed by atoms with Crippen LogP contribution in [0.1, 0.15) is 0 Å². The number of benzene rings is 4. The first-order chi connectivity index (χ1) is 13.3. The number of H-pyrrole nitrogens is 1. The summed E-state index contributed by atoms with van der Waals surface area (Å²) in [5, 5.41) is 5.19. The lowest BCUT2D eigenvalue weighted by atomic mass is 9.98. The van der Waals surface area contributed by atoms with Crippen molar-refractivity contribution in [1.29, 1.82) is 0 Å². The van der Waals surface area contributed by atoms with Crippen molar-refractivity contribution < 1.29 is 0 Å². The molecule has 0 amide bonds. The fraction of sp³-hybridized carbons (Fsp3) is 0.0400. The van der Waals surface area contributed by atoms with E-state index in [1.54, 1.807) is 0 Å². The van der Waals surface area contributed by atoms with E-state index in [2.05, 4.69) is 102 Å². The molecule has 0 aliphatic carbocycles. The quantitative estimate of drug-likeness (QED) is 0.345. The van der Waals surface area contributed by atoms with Crippen LogP contribution in [0, 0.1) is 0 Å². The Balaban J connectivity index is 1.70. The fourth-order valence-corrected chi connectivity index (χ4v) is 4.47. The van der Waals surface area contributed by atoms with E-state index in [1.165, 1.54) is 54.7 Å². The van der Waals surface area contributed by atoms with E-state index in [1.807, 2.05) is 0 Å². The Morgan fingerprint density at radius 1 is 0.630 bits per heavy atom. The Morgan fingerprint density at radius 3 is 2.30 bits per heavy atom. The molecule has 0 fully saturated rings. The SMILES string of the molecule is Cn1c2ccccc2c2c(-c3ccc4c(c3)[nH]c3ccccc34)cccc21. The molecule has 0 radical (unpaired) electrons. The fourth-order valence-electron chi connectivity index (χ4n) is 4.47. The van der Waals surface area contributed by atoms with Crippen LogP contribution in [0.15, 0.2) is 84.9 Å². The third kappa shape index (κ3) is 1.95. The maximum absolute atomic E-state index is 3.57. The van der Waals surface area contributed by atoms with Gasteiger partial charge in [0.25, 0.3) is 0 Å². The van der Waals surface area contributed by atoms with Crippen LogP contribution >= 0.6 is 0 Å². The van der Waals surface area contributed by atoms with E-state index >= 15 is 0 Å². The molecule has 27 heavy (non-hydrogen) atoms. The van der Waals surface area contributed by atoms with Crippen molar-refractivity contribution in [3.05, 3.63) is 84.9 Å². The minimum atomic E-state index is 1.19. The van der Waals surface area contributed by atoms with Crippen LogP contribution < -0.4 is 0 Å². The third-order valence-corrected chi connectivity index (χ3v) is 5.76. The van der Waals surface area contributed by atoms with Crippen molar-refractivity contribution in [3.8, 4) is 11.1 Å². The number of hydrogen-bond donors (Lipinski definition) is 1. The number of rotatable bonds is 1. The van der Waals surface area contributed by atoms with Gasteiger partial charge in [-0.15, -0.1) is 0 Å². The van der Waals surface area contributed by atoms with Crippen molar-refractivity contribution in [2.45, 2.75) is 0 Å². The Morgan fingerprint density at radius 2 is 1.37 bits per heavy atom. The zero-order chi connectivity index (χ0) is 18.0. The van der Waals surface area contributed by atoms with Crippen LogP contribution in [-0.2, 0) is 7.05 Å². The molecule has 6 rings (SSSR count). The maximum Gasteiger partial charge on any atom is 0.0495 e. The summed E-state index contributed by atoms with van der Waals surface area (Å²) < 4.78 is 2.29. The molecule has 0 aliphatic rings. The van der Waals surface area contributed by atoms with Crippen LogP contribution in [0.25, 0.3) is 54.7 Å². The summed E-state index contributed by atoms with van der Waals surface area (Å²) in [6.45, 7) is 0. The minimum Gasteiger partial charge on any atom is -0.354 e. The van der Waals surface area contributed by atoms with Gasteiger partial charge in [-0.25, -0.2) is 0 Å². The highest BCUT2D eigenvalue weighted by Gasteiger charge is 2.13. The van der Waals surface area contributed by atoms with Crippen LogP contribution in [-0.4, -0.2) is 9.55 Å². The van der Waals surface area contributed by atoms with Gasteiger partial charge in [0.1, 0.15) is 0 Å². The maximum atomic E-state index is 3.57. The number of aryl methyl sites for hydroxylation is 1. The molecule has 4 aromatic carbocycles. The number of aromatic amines is 1. The van der Waals surface area contributed by atoms with Crippen LogP contribution in [0.2, 0.25) is 0 Å². The van der Waals surface area contributed by atoms with Crippen LogP contribution in [0.3, 0.4) is 0 Å². The first-order valence-corrected chi connectivity index (χ1v) is 9.28. The highest BCUT2D eigenvalue weighted by atomic mass is 14.9. The summed E-state index contributed by atoms with van der Waals surface area (Å²) in [4.78, 5) is 3.57. The summed E-state index contributed by atoms with van der Waals surface area (Å²) in [5.41, 5.74) is 7.44. The van der Waals surface area contributed by atoms with Gasteiger partial charge >= 0.3 is 0 Å². The molecular weight excluding hydrogens is 328 g/mol. The van der Waals surface area contributed by atoms with Gasteiger partial charge in [-0.3, -0.25) is 0 Å². The van der Waals surface area contributed by atoms with Gasteiger partial charge in [0, 0.05) is 50.7 Å². The first kappa shape index (κ1) is 14.6. The van der Waals surface area contributed by atoms with Gasteiger partial charge in [0.2, 0.25) is 0 Å². The zero-order valence-electron chi connectivity index (χ0n) is 15.0. The van der Waals surface area contributed by atoms with Gasteiger partial charge in [-0.1, -0.05) is 60.7 Å². The second-order valence-corrected chi connectivity index (χ2v) is 7.21. The Bertz CT molecular complexity index is 1480. The molecule has 128 valence electrons. The van der Waals surface area contributed by atoms with Crippen molar-refractivity contribution in [2.24, 2.45) is 7.05 Å². The van der Waals surface area contributed by atoms with E-state index in [-0.39, 0.29) is 0 Å². The Hall–Kier alpha value is -3.52. The lowest BCUT2D eigenvalue weighted by Gasteiger charge is -2.06. The van der Waals surface area contributed by atoms with Gasteiger partial charge in [-0.05, 0) is 35.4 Å². The second-order valence-electron chi connectivity index (χ2n) is 7.21. The molecule has 0 saturated carbocycles. The molecule has 0 bridgehead atoms. The molecule has 1 N–H and O–H groups in total. The predicted molar refractivity (Wildman–Crippen MR) is 115 cm³/mol. The van der Waals surface area contributed by atoms with Crippen LogP contribution in [0.4, 0.5) is 0 Å². The van der Waals surface area contributed by atoms with E-state index in [4.69, 9.17) is 0 Å². The van der Waals surface area contributed by atoms with Crippen molar-refractivity contribution in [3.63, 3.8) is 0 Å². The molecule has 2 heterocycles. The largest absolute Gasteiger partial charge is 0.354 e. The number of fused-ring (bicyclic) bond motifs is 6. The zero-order valence-corrected chi connectivity index (χ0v) is 15.0. The molecule has 0 aliphatic heterocycles. The molecule has 2 heteroatoms. The third-order valence-electron chi connectivity index (χ3n) is 5.76. The number of nitrogens with zero attached hydrogens (tertiary/aromatic N) is 1. The number of para-hydroxylation sites is 2. The Kier molecular flexibility index (Phi) is 2.84. The highest BCUT2D eigenvalue weighted by molar-refractivity contribution is 6.16. The average molecular weight is 346 g/mol. The van der Waals surface area contributed by atoms with Crippen molar-refractivity contribution in [2.75, 3.05) is 0 Å². The summed E-state index contributed by atoms with van der Waals surface area (Å²) in [7, 11) is 2.15. The molecular formula is C25H18N2. The lowest BCUT2D eigenvalue weighted by Crippen LogP contribution is -1.86. The van der Waals surface area contributed by atoms with E-state index in [9.17, 15) is 0 Å². The van der Waals surface area contributed by atoms with Crippen molar-refractivity contribution >= 4 is 43.6 Å². The monoisotopic (exact) mass is 346 g/mol. The van der Waals surface area contributed by atoms with E-state index < -0.39 is 0 Å². The van der Waals surface area contributed by atoms with Gasteiger partial charge in [0.05, 0.1) is 0 Å². The van der Waals surface area contributed by atoms with Gasteiger partial charge in [-0.2, -0.15) is 0 Å². The topological polar surface area (TPSA) is 20.7 Å². The first-order valence-electron chi connectivity index (χ1n) is 9.28. The molecule has 0 saturated heterocycles. The standard InChI is InChI=1S/C25H18N2/c1-27-23-11-5-3-8-20(23)25-17(9-6-12-24(25)27)16-13-14-19-18-7-2-4-10-21(18)26-22(19)15-16/h2-15,26H,1H3. The molecule has 0 spiro atoms. The molecule has 2 nitrogen and oxygen atoms in total. The molecule has 0 unspecified atom stereocenters. The normalized spacial score (nSPS) is 11.9. The number of hydrogen-bond acceptors (Lipinski definition) is 0. The average Bonchev–Trinajstić information content (AvgIpc) is 3.23. The van der Waals surface area contributed by atoms with E-state index in [0.717, 1.165) is 0 Å². The summed E-state index contributed by atoms with van der Waals surface area (Å²) in [5.74, 6) is 0. The smallest absolute Gasteiger partial charge is 0.0495 e. The second kappa shape index (κ2) is 5.24. The minimum absolute atomic E-state index is 1.19. The number of nitrogens with one attached hydrogen (secondary N) is 1. The summed E-state index contributed by atoms with van der Waals surface area (Å²) >= 11 is 0. The highest BCUT2D eigenvalue weighted by Crippen LogP contribution is 2.37. The predicted octanol–water partition coefficient (Wildman–Crippen LogP) is 6.63. The van der Waals surface area contributed by atoms with Crippen LogP contribution in [0.5, 0.6) is 0 Å². The Labute approximate surface area is 156 Å². The molecule has 2 aromatic heterocycles. The lowest BCUT2D eigenvalue weighted by molar-refractivity contribution is 1.01. The number of aromatic nitrogens is 2. The van der Waals surface area contributed by atoms with Gasteiger partial charge in [0.15, 0.2) is 0 Å². The van der Waals surface area contributed by atoms with Crippen molar-refractivity contribution in [1.82, 2.24) is 9.55 Å².